The number of aliphatic hydroxyl groups is 3. The second kappa shape index (κ2) is 23.6. The highest BCUT2D eigenvalue weighted by molar-refractivity contribution is 7.66. The van der Waals surface area contributed by atoms with Gasteiger partial charge >= 0.3 is 40.9 Å². The molecule has 39 nitrogen and oxygen atoms in total. The number of nitrogens with two attached hydrogens (primary N) is 2. The fraction of sp³-hybridized carbons (Fsp3) is 0.583. The summed E-state index contributed by atoms with van der Waals surface area (Å²) < 4.78 is 114. The summed E-state index contributed by atoms with van der Waals surface area (Å²) in [6, 6.07) is 0.909. The van der Waals surface area contributed by atoms with Gasteiger partial charge in [0.25, 0.3) is 24.9 Å². The molecular formula is C36H51N13O26P4. The van der Waals surface area contributed by atoms with Crippen molar-refractivity contribution in [3.63, 3.8) is 0 Å². The molecule has 16 atom stereocenters. The van der Waals surface area contributed by atoms with Crippen LogP contribution in [0.25, 0.3) is 22.3 Å². The van der Waals surface area contributed by atoms with Crippen LogP contribution in [-0.2, 0) is 75.7 Å². The van der Waals surface area contributed by atoms with Crippen LogP contribution in [0.1, 0.15) is 32.0 Å². The van der Waals surface area contributed by atoms with Crippen molar-refractivity contribution in [3.05, 3.63) is 62.4 Å². The van der Waals surface area contributed by atoms with Crippen LogP contribution in [0.4, 0.5) is 16.6 Å². The predicted octanol–water partition coefficient (Wildman–Crippen LogP) is -4.12. The number of phosphoric acid groups is 4. The SMILES string of the molecule is CCCNC(=O)OC[C@H]1[C@@H](O)[C@H]([n+]2cn(C)c3c(=O)[nH]c(N)nc32)O[C@@H]1COP(=O)(O)OP(=O)(O)OP(=O)(O)OC[C@H]1O[C@@H](n2cnc3c(N)ncnc32)[C@H](OC)[C@@H]1OP(=O)([O-])OC[C@H]1O[C@@H](n2ccc(=O)[nH]c2=O)[C@H](O)[C@@H]1O. The van der Waals surface area contributed by atoms with Gasteiger partial charge in [0.1, 0.15) is 61.2 Å². The summed E-state index contributed by atoms with van der Waals surface area (Å²) in [5.74, 6) is -1.74. The largest absolute Gasteiger partial charge is 0.756 e. The first-order valence-electron chi connectivity index (χ1n) is 22.9. The number of aliphatic hydroxyl groups excluding tert-OH is 3. The minimum absolute atomic E-state index is 0.0211. The van der Waals surface area contributed by atoms with Crippen LogP contribution in [-0.4, -0.2) is 169 Å². The summed E-state index contributed by atoms with van der Waals surface area (Å²) in [6.07, 6.45) is -14.8. The van der Waals surface area contributed by atoms with Crippen LogP contribution in [0, 0.1) is 5.92 Å². The molecule has 8 rings (SSSR count). The van der Waals surface area contributed by atoms with E-state index in [9.17, 15) is 72.3 Å². The number of phosphoric ester groups is 3. The molecule has 3 saturated heterocycles. The Morgan fingerprint density at radius 2 is 1.52 bits per heavy atom. The average Bonchev–Trinajstić information content (AvgIpc) is 4.38. The lowest BCUT2D eigenvalue weighted by Gasteiger charge is -2.31. The Hall–Kier alpha value is -5.31. The molecule has 1 amide bonds. The quantitative estimate of drug-likeness (QED) is 0.0219. The number of carbonyl (C=O) groups is 1. The Kier molecular flexibility index (Phi) is 17.9. The maximum absolute atomic E-state index is 13.5. The smallest absolute Gasteiger partial charge is 0.490 e. The molecule has 5 aromatic heterocycles. The molecule has 3 aliphatic rings. The average molecular weight is 1210 g/mol. The van der Waals surface area contributed by atoms with Gasteiger partial charge in [-0.3, -0.25) is 46.9 Å². The van der Waals surface area contributed by atoms with E-state index in [1.807, 2.05) is 4.98 Å². The van der Waals surface area contributed by atoms with Gasteiger partial charge in [0.15, 0.2) is 30.2 Å². The predicted molar refractivity (Wildman–Crippen MR) is 253 cm³/mol. The molecule has 0 aromatic carbocycles. The molecule has 5 aromatic rings. The first kappa shape index (κ1) is 59.8. The summed E-state index contributed by atoms with van der Waals surface area (Å²) in [5.41, 5.74) is 9.04. The lowest BCUT2D eigenvalue weighted by atomic mass is 9.99. The molecule has 79 heavy (non-hydrogen) atoms. The molecule has 3 aliphatic heterocycles. The number of alkyl carbamates (subject to hydrolysis) is 1. The van der Waals surface area contributed by atoms with Crippen molar-refractivity contribution in [1.82, 2.24) is 48.9 Å². The first-order chi connectivity index (χ1) is 37.1. The molecule has 4 unspecified atom stereocenters. The van der Waals surface area contributed by atoms with Crippen LogP contribution in [0.15, 0.2) is 45.6 Å². The highest BCUT2D eigenvalue weighted by atomic mass is 31.3. The molecule has 436 valence electrons. The van der Waals surface area contributed by atoms with Gasteiger partial charge in [0, 0.05) is 25.9 Å². The third-order valence-corrected chi connectivity index (χ3v) is 17.3. The number of ether oxygens (including phenoxy) is 5. The van der Waals surface area contributed by atoms with Crippen LogP contribution in [0.3, 0.4) is 0 Å². The minimum Gasteiger partial charge on any atom is -0.756 e. The zero-order valence-corrected chi connectivity index (χ0v) is 44.5. The standard InChI is InChI=1S/C36H51N13O26P4/c1-4-6-39-36(56)66-8-15-16(70-31(22(15)51)49-14-46(2)21-29(49)44-34(38)45-30(21)54)9-68-77(59,60)74-79(63,64)75-78(61,62)69-11-18-25(26(65-3)33(72-18)48-13-42-20-27(37)40-12-41-28(20)48)73-76(57,58)67-10-17-23(52)24(53)32(71-17)47-7-5-19(50)43-35(47)55/h5,7,12-18,22-26,31-33,51-53H,4,6,8-11H2,1-3H3,(H10-,37,38,39,40,41,43,44,45,50,54,55,56,57,58,59,60,61,62,63,64)/t15-,16-,17-,18-,22-,23-,24-,25-,26-,31-,32-,33-/m1/s1. The number of fused-ring (bicyclic) bond motifs is 2. The van der Waals surface area contributed by atoms with Gasteiger partial charge in [0.2, 0.25) is 11.7 Å². The van der Waals surface area contributed by atoms with Gasteiger partial charge < -0.3 is 84.4 Å². The van der Waals surface area contributed by atoms with E-state index in [1.165, 1.54) is 22.5 Å². The van der Waals surface area contributed by atoms with Gasteiger partial charge in [-0.05, 0) is 6.42 Å². The Balaban J connectivity index is 0.948. The molecule has 8 heterocycles. The Labute approximate surface area is 440 Å². The summed E-state index contributed by atoms with van der Waals surface area (Å²) in [5, 5.41) is 35.2. The minimum atomic E-state index is -6.26. The summed E-state index contributed by atoms with van der Waals surface area (Å²) in [4.78, 5) is 115. The Bertz CT molecular complexity index is 3430. The number of rotatable bonds is 23. The number of nitrogens with zero attached hydrogens (tertiary/aromatic N) is 8. The fourth-order valence-electron chi connectivity index (χ4n) is 8.52. The maximum atomic E-state index is 13.5. The van der Waals surface area contributed by atoms with E-state index in [2.05, 4.69) is 38.9 Å². The summed E-state index contributed by atoms with van der Waals surface area (Å²) >= 11 is 0. The van der Waals surface area contributed by atoms with E-state index in [1.54, 1.807) is 6.92 Å². The molecule has 0 spiro atoms. The number of aromatic nitrogens is 10. The number of nitrogen functional groups attached to an aromatic ring is 2. The lowest BCUT2D eigenvalue weighted by molar-refractivity contribution is -0.745. The van der Waals surface area contributed by atoms with Crippen molar-refractivity contribution >= 4 is 71.5 Å². The summed E-state index contributed by atoms with van der Waals surface area (Å²) in [7, 11) is -21.4. The summed E-state index contributed by atoms with van der Waals surface area (Å²) in [6.45, 7) is -2.17. The van der Waals surface area contributed by atoms with Crippen LogP contribution < -0.4 is 43.1 Å². The second-order valence-electron chi connectivity index (χ2n) is 17.4. The van der Waals surface area contributed by atoms with Crippen molar-refractivity contribution in [2.75, 3.05) is 51.5 Å². The first-order valence-corrected chi connectivity index (χ1v) is 28.8. The van der Waals surface area contributed by atoms with Gasteiger partial charge in [-0.15, -0.1) is 0 Å². The fourth-order valence-corrected chi connectivity index (χ4v) is 13.0. The van der Waals surface area contributed by atoms with Crippen molar-refractivity contribution in [3.8, 4) is 0 Å². The number of H-pyrrole nitrogens is 2. The zero-order valence-electron chi connectivity index (χ0n) is 40.9. The number of aromatic amines is 2. The number of hydrogen-bond donors (Lipinski definition) is 11. The number of methoxy groups -OCH3 is 1. The highest BCUT2D eigenvalue weighted by Crippen LogP contribution is 2.68. The lowest BCUT2D eigenvalue weighted by Crippen LogP contribution is -2.46. The normalized spacial score (nSPS) is 29.3. The van der Waals surface area contributed by atoms with Crippen LogP contribution >= 0.6 is 31.3 Å². The molecule has 0 aliphatic carbocycles. The Morgan fingerprint density at radius 1 is 0.848 bits per heavy atom. The highest BCUT2D eigenvalue weighted by Gasteiger charge is 2.53. The van der Waals surface area contributed by atoms with Crippen LogP contribution in [0.5, 0.6) is 0 Å². The van der Waals surface area contributed by atoms with E-state index in [-0.39, 0.29) is 40.6 Å². The number of hydrogen-bond acceptors (Lipinski definition) is 29. The molecular weight excluding hydrogens is 1150 g/mol. The van der Waals surface area contributed by atoms with E-state index in [0.29, 0.717) is 11.0 Å². The topological polar surface area (TPSA) is 548 Å². The number of anilines is 2. The molecule has 0 bridgehead atoms. The van der Waals surface area contributed by atoms with Crippen molar-refractivity contribution in [1.29, 1.82) is 0 Å². The molecule has 43 heteroatoms. The number of imidazole rings is 2. The third-order valence-electron chi connectivity index (χ3n) is 12.1. The van der Waals surface area contributed by atoms with Crippen molar-refractivity contribution in [2.45, 2.75) is 80.9 Å². The number of nitrogens with one attached hydrogen (secondary N) is 3. The zero-order chi connectivity index (χ0) is 57.5. The van der Waals surface area contributed by atoms with Gasteiger partial charge in [-0.2, -0.15) is 8.62 Å². The van der Waals surface area contributed by atoms with E-state index < -0.39 is 154 Å². The van der Waals surface area contributed by atoms with Gasteiger partial charge in [0.05, 0.1) is 45.2 Å². The maximum Gasteiger partial charge on any atom is 0.490 e. The molecule has 13 N–H and O–H groups in total. The van der Waals surface area contributed by atoms with Crippen molar-refractivity contribution < 1.29 is 113 Å². The molecule has 3 fully saturated rings. The van der Waals surface area contributed by atoms with Crippen molar-refractivity contribution in [2.24, 2.45) is 13.0 Å². The van der Waals surface area contributed by atoms with E-state index in [0.717, 1.165) is 36.6 Å². The van der Waals surface area contributed by atoms with Crippen LogP contribution in [0.2, 0.25) is 0 Å². The number of carbonyl (C=O) groups excluding carboxylic acids is 1. The number of amides is 1. The van der Waals surface area contributed by atoms with Gasteiger partial charge in [-0.25, -0.2) is 42.8 Å². The van der Waals surface area contributed by atoms with E-state index >= 15 is 0 Å². The number of aryl methyl sites for hydroxylation is 1. The third kappa shape index (κ3) is 13.4. The molecule has 0 saturated carbocycles. The monoisotopic (exact) mass is 1210 g/mol. The van der Waals surface area contributed by atoms with Gasteiger partial charge in [-0.1, -0.05) is 11.9 Å². The van der Waals surface area contributed by atoms with E-state index in [4.69, 9.17) is 53.2 Å². The second-order valence-corrected chi connectivity index (χ2v) is 23.4. The molecule has 0 radical (unpaired) electrons. The Morgan fingerprint density at radius 3 is 2.19 bits per heavy atom.